The van der Waals surface area contributed by atoms with Crippen molar-refractivity contribution in [3.63, 3.8) is 0 Å². The maximum Gasteiger partial charge on any atom is 0.238 e. The maximum absolute atomic E-state index is 13.0. The Hall–Kier alpha value is -3.06. The molecule has 9 heteroatoms. The Morgan fingerprint density at radius 3 is 2.47 bits per heavy atom. The van der Waals surface area contributed by atoms with Gasteiger partial charge < -0.3 is 5.32 Å². The number of carbonyl (C=O) groups excluding carboxylic acids is 1. The number of thiophene rings is 1. The van der Waals surface area contributed by atoms with Crippen molar-refractivity contribution in [3.05, 3.63) is 82.5 Å². The van der Waals surface area contributed by atoms with E-state index in [9.17, 15) is 10.1 Å². The number of carbonyl (C=O) groups is 1. The van der Waals surface area contributed by atoms with Crippen molar-refractivity contribution in [2.24, 2.45) is 0 Å². The van der Waals surface area contributed by atoms with Crippen LogP contribution in [0.5, 0.6) is 0 Å². The summed E-state index contributed by atoms with van der Waals surface area (Å²) in [5.41, 5.74) is 2.38. The molecule has 1 N–H and O–H groups in total. The van der Waals surface area contributed by atoms with Crippen LogP contribution in [0.15, 0.2) is 70.7 Å². The minimum atomic E-state index is -0.435. The smallest absolute Gasteiger partial charge is 0.238 e. The van der Waals surface area contributed by atoms with Gasteiger partial charge in [0.15, 0.2) is 5.16 Å². The highest BCUT2D eigenvalue weighted by molar-refractivity contribution is 8.00. The lowest BCUT2D eigenvalue weighted by molar-refractivity contribution is -0.115. The second-order valence-electron chi connectivity index (χ2n) is 7.52. The number of aromatic nitrogens is 3. The van der Waals surface area contributed by atoms with E-state index >= 15 is 0 Å². The van der Waals surface area contributed by atoms with Gasteiger partial charge >= 0.3 is 0 Å². The molecule has 1 atom stereocenters. The van der Waals surface area contributed by atoms with Gasteiger partial charge in [-0.3, -0.25) is 9.36 Å². The Morgan fingerprint density at radius 2 is 1.79 bits per heavy atom. The molecular formula is C25H23N5OS3. The fourth-order valence-corrected chi connectivity index (χ4v) is 5.98. The average molecular weight is 506 g/mol. The van der Waals surface area contributed by atoms with Gasteiger partial charge in [0.1, 0.15) is 16.9 Å². The highest BCUT2D eigenvalue weighted by Crippen LogP contribution is 2.33. The molecule has 4 aromatic rings. The third kappa shape index (κ3) is 5.36. The van der Waals surface area contributed by atoms with Crippen LogP contribution in [-0.2, 0) is 10.5 Å². The number of benzene rings is 2. The van der Waals surface area contributed by atoms with E-state index in [1.165, 1.54) is 23.1 Å². The fourth-order valence-electron chi connectivity index (χ4n) is 3.25. The van der Waals surface area contributed by atoms with Crippen LogP contribution >= 0.6 is 34.9 Å². The zero-order chi connectivity index (χ0) is 24.1. The monoisotopic (exact) mass is 505 g/mol. The van der Waals surface area contributed by atoms with E-state index in [1.807, 2.05) is 73.9 Å². The molecule has 34 heavy (non-hydrogen) atoms. The van der Waals surface area contributed by atoms with Gasteiger partial charge in [0, 0.05) is 15.5 Å². The van der Waals surface area contributed by atoms with Crippen molar-refractivity contribution in [1.82, 2.24) is 14.8 Å². The molecule has 0 aliphatic heterocycles. The Balaban J connectivity index is 1.55. The number of amides is 1. The van der Waals surface area contributed by atoms with Gasteiger partial charge in [-0.25, -0.2) is 0 Å². The minimum Gasteiger partial charge on any atom is -0.316 e. The van der Waals surface area contributed by atoms with Gasteiger partial charge in [-0.05, 0) is 50.6 Å². The number of para-hydroxylation sites is 1. The normalized spacial score (nSPS) is 11.7. The van der Waals surface area contributed by atoms with Crippen molar-refractivity contribution in [1.29, 1.82) is 5.26 Å². The average Bonchev–Trinajstić information content (AvgIpc) is 3.38. The molecule has 0 radical (unpaired) electrons. The van der Waals surface area contributed by atoms with Crippen molar-refractivity contribution in [2.75, 3.05) is 5.32 Å². The lowest BCUT2D eigenvalue weighted by Crippen LogP contribution is -2.22. The largest absolute Gasteiger partial charge is 0.316 e. The number of anilines is 1. The van der Waals surface area contributed by atoms with E-state index in [0.717, 1.165) is 26.8 Å². The molecule has 2 heterocycles. The number of aryl methyl sites for hydroxylation is 1. The van der Waals surface area contributed by atoms with E-state index in [-0.39, 0.29) is 5.91 Å². The molecule has 2 aromatic heterocycles. The molecule has 6 nitrogen and oxygen atoms in total. The van der Waals surface area contributed by atoms with Crippen molar-refractivity contribution < 1.29 is 4.79 Å². The summed E-state index contributed by atoms with van der Waals surface area (Å²) in [4.78, 5) is 15.2. The van der Waals surface area contributed by atoms with Crippen molar-refractivity contribution in [2.45, 2.75) is 41.8 Å². The topological polar surface area (TPSA) is 83.6 Å². The standard InChI is InChI=1S/C25H23N5OS3/c1-16-17(2)33-24(21(16)14-26)27-23(31)18(3)34-25-29-28-22(15-32-20-12-8-5-9-13-20)30(25)19-10-6-4-7-11-19/h4-13,18H,15H2,1-3H3,(H,27,31). The summed E-state index contributed by atoms with van der Waals surface area (Å²) in [5, 5.41) is 22.1. The van der Waals surface area contributed by atoms with Gasteiger partial charge in [0.05, 0.1) is 16.6 Å². The van der Waals surface area contributed by atoms with Crippen LogP contribution in [0.4, 0.5) is 5.00 Å². The highest BCUT2D eigenvalue weighted by atomic mass is 32.2. The zero-order valence-corrected chi connectivity index (χ0v) is 21.4. The number of hydrogen-bond acceptors (Lipinski definition) is 7. The molecule has 2 aromatic carbocycles. The molecule has 0 bridgehead atoms. The Bertz CT molecular complexity index is 1330. The van der Waals surface area contributed by atoms with E-state index in [2.05, 4.69) is 33.7 Å². The van der Waals surface area contributed by atoms with Gasteiger partial charge in [0.2, 0.25) is 5.91 Å². The molecular weight excluding hydrogens is 483 g/mol. The lowest BCUT2D eigenvalue weighted by Gasteiger charge is -2.13. The molecule has 0 aliphatic carbocycles. The van der Waals surface area contributed by atoms with Crippen LogP contribution in [0.1, 0.15) is 28.8 Å². The number of nitrogens with zero attached hydrogens (tertiary/aromatic N) is 4. The first kappa shape index (κ1) is 24.1. The second-order valence-corrected chi connectivity index (χ2v) is 11.1. The number of nitrogens with one attached hydrogen (secondary N) is 1. The molecule has 0 aliphatic rings. The number of rotatable bonds is 8. The molecule has 0 saturated carbocycles. The van der Waals surface area contributed by atoms with Crippen molar-refractivity contribution >= 4 is 45.8 Å². The molecule has 0 fully saturated rings. The second kappa shape index (κ2) is 10.9. The third-order valence-electron chi connectivity index (χ3n) is 5.21. The van der Waals surface area contributed by atoms with Crippen LogP contribution in [0, 0.1) is 25.2 Å². The Morgan fingerprint density at radius 1 is 1.12 bits per heavy atom. The van der Waals surface area contributed by atoms with Gasteiger partial charge in [-0.2, -0.15) is 5.26 Å². The summed E-state index contributed by atoms with van der Waals surface area (Å²) in [7, 11) is 0. The van der Waals surface area contributed by atoms with Crippen LogP contribution in [-0.4, -0.2) is 25.9 Å². The first-order chi connectivity index (χ1) is 16.5. The van der Waals surface area contributed by atoms with Crippen LogP contribution in [0.25, 0.3) is 5.69 Å². The quantitative estimate of drug-likeness (QED) is 0.286. The van der Waals surface area contributed by atoms with E-state index in [4.69, 9.17) is 0 Å². The number of hydrogen-bond donors (Lipinski definition) is 1. The molecule has 1 amide bonds. The molecule has 0 saturated heterocycles. The summed E-state index contributed by atoms with van der Waals surface area (Å²) in [6.45, 7) is 5.68. The van der Waals surface area contributed by atoms with E-state index in [1.54, 1.807) is 11.8 Å². The highest BCUT2D eigenvalue weighted by Gasteiger charge is 2.23. The van der Waals surface area contributed by atoms with Crippen LogP contribution in [0.2, 0.25) is 0 Å². The fraction of sp³-hybridized carbons (Fsp3) is 0.200. The SMILES string of the molecule is Cc1sc(NC(=O)C(C)Sc2nnc(CSc3ccccc3)n2-c2ccccc2)c(C#N)c1C. The zero-order valence-electron chi connectivity index (χ0n) is 19.0. The maximum atomic E-state index is 13.0. The summed E-state index contributed by atoms with van der Waals surface area (Å²) in [6.07, 6.45) is 0. The number of nitriles is 1. The molecule has 4 rings (SSSR count). The molecule has 0 spiro atoms. The van der Waals surface area contributed by atoms with Crippen molar-refractivity contribution in [3.8, 4) is 11.8 Å². The first-order valence-electron chi connectivity index (χ1n) is 10.6. The van der Waals surface area contributed by atoms with Gasteiger partial charge in [-0.1, -0.05) is 48.2 Å². The minimum absolute atomic E-state index is 0.175. The lowest BCUT2D eigenvalue weighted by atomic mass is 10.2. The van der Waals surface area contributed by atoms with Crippen LogP contribution < -0.4 is 5.32 Å². The van der Waals surface area contributed by atoms with Gasteiger partial charge in [0.25, 0.3) is 0 Å². The summed E-state index contributed by atoms with van der Waals surface area (Å²) in [5.74, 6) is 1.28. The summed E-state index contributed by atoms with van der Waals surface area (Å²) >= 11 is 4.46. The Kier molecular flexibility index (Phi) is 7.73. The molecule has 172 valence electrons. The number of thioether (sulfide) groups is 2. The molecule has 1 unspecified atom stereocenters. The Labute approximate surface area is 211 Å². The first-order valence-corrected chi connectivity index (χ1v) is 13.3. The third-order valence-corrected chi connectivity index (χ3v) is 8.38. The predicted molar refractivity (Wildman–Crippen MR) is 140 cm³/mol. The predicted octanol–water partition coefficient (Wildman–Crippen LogP) is 6.23. The van der Waals surface area contributed by atoms with Crippen LogP contribution in [0.3, 0.4) is 0 Å². The summed E-state index contributed by atoms with van der Waals surface area (Å²) < 4.78 is 2.00. The summed E-state index contributed by atoms with van der Waals surface area (Å²) in [6, 6.07) is 22.3. The van der Waals surface area contributed by atoms with E-state index < -0.39 is 5.25 Å². The van der Waals surface area contributed by atoms with Gasteiger partial charge in [-0.15, -0.1) is 33.3 Å². The van der Waals surface area contributed by atoms with E-state index in [0.29, 0.717) is 21.5 Å².